The zero-order chi connectivity index (χ0) is 11.6. The normalized spacial score (nSPS) is 25.1. The van der Waals surface area contributed by atoms with Crippen molar-refractivity contribution in [2.24, 2.45) is 5.92 Å². The molecule has 0 heterocycles. The Hall–Kier alpha value is -0.160. The average Bonchev–Trinajstić information content (AvgIpc) is 2.68. The summed E-state index contributed by atoms with van der Waals surface area (Å²) in [6.45, 7) is 3.24. The molecule has 96 valence electrons. The summed E-state index contributed by atoms with van der Waals surface area (Å²) >= 11 is 0. The SMILES string of the molecule is COCCOCCOCCC1CCCC1O. The van der Waals surface area contributed by atoms with Crippen LogP contribution in [0.3, 0.4) is 0 Å². The van der Waals surface area contributed by atoms with Crippen molar-refractivity contribution >= 4 is 0 Å². The van der Waals surface area contributed by atoms with Gasteiger partial charge in [0.05, 0.1) is 32.5 Å². The molecule has 4 heteroatoms. The number of aliphatic hydroxyl groups excluding tert-OH is 1. The molecule has 2 unspecified atom stereocenters. The summed E-state index contributed by atoms with van der Waals surface area (Å²) in [6, 6.07) is 0. The van der Waals surface area contributed by atoms with Crippen LogP contribution in [-0.2, 0) is 14.2 Å². The zero-order valence-corrected chi connectivity index (χ0v) is 10.2. The summed E-state index contributed by atoms with van der Waals surface area (Å²) in [5, 5.41) is 9.59. The number of aliphatic hydroxyl groups is 1. The van der Waals surface area contributed by atoms with Gasteiger partial charge in [-0.25, -0.2) is 0 Å². The van der Waals surface area contributed by atoms with Crippen LogP contribution < -0.4 is 0 Å². The van der Waals surface area contributed by atoms with Gasteiger partial charge in [0.1, 0.15) is 0 Å². The maximum atomic E-state index is 9.59. The Morgan fingerprint density at radius 1 is 1.00 bits per heavy atom. The second-order valence-electron chi connectivity index (χ2n) is 4.26. The van der Waals surface area contributed by atoms with E-state index in [1.54, 1.807) is 7.11 Å². The van der Waals surface area contributed by atoms with E-state index >= 15 is 0 Å². The Morgan fingerprint density at radius 3 is 2.31 bits per heavy atom. The number of hydrogen-bond donors (Lipinski definition) is 1. The molecule has 16 heavy (non-hydrogen) atoms. The van der Waals surface area contributed by atoms with Gasteiger partial charge in [0.15, 0.2) is 0 Å². The average molecular weight is 232 g/mol. The van der Waals surface area contributed by atoms with Crippen LogP contribution in [0.4, 0.5) is 0 Å². The third kappa shape index (κ3) is 5.80. The molecule has 0 saturated heterocycles. The molecule has 0 bridgehead atoms. The Balaban J connectivity index is 1.81. The van der Waals surface area contributed by atoms with E-state index < -0.39 is 0 Å². The van der Waals surface area contributed by atoms with Crippen molar-refractivity contribution in [3.8, 4) is 0 Å². The summed E-state index contributed by atoms with van der Waals surface area (Å²) in [5.74, 6) is 0.453. The van der Waals surface area contributed by atoms with Gasteiger partial charge in [-0.15, -0.1) is 0 Å². The molecule has 1 aliphatic carbocycles. The fourth-order valence-corrected chi connectivity index (χ4v) is 2.05. The van der Waals surface area contributed by atoms with Crippen LogP contribution in [0.5, 0.6) is 0 Å². The van der Waals surface area contributed by atoms with Gasteiger partial charge < -0.3 is 19.3 Å². The minimum atomic E-state index is -0.0958. The van der Waals surface area contributed by atoms with E-state index in [4.69, 9.17) is 14.2 Å². The van der Waals surface area contributed by atoms with Crippen molar-refractivity contribution in [1.82, 2.24) is 0 Å². The molecular weight excluding hydrogens is 208 g/mol. The third-order valence-corrected chi connectivity index (χ3v) is 3.06. The lowest BCUT2D eigenvalue weighted by atomic mass is 10.0. The van der Waals surface area contributed by atoms with Gasteiger partial charge in [0.2, 0.25) is 0 Å². The third-order valence-electron chi connectivity index (χ3n) is 3.06. The molecule has 1 aliphatic rings. The second-order valence-corrected chi connectivity index (χ2v) is 4.26. The molecule has 2 atom stereocenters. The van der Waals surface area contributed by atoms with Crippen molar-refractivity contribution < 1.29 is 19.3 Å². The van der Waals surface area contributed by atoms with Crippen molar-refractivity contribution in [2.45, 2.75) is 31.8 Å². The summed E-state index contributed by atoms with van der Waals surface area (Å²) in [7, 11) is 1.66. The van der Waals surface area contributed by atoms with Crippen molar-refractivity contribution in [3.05, 3.63) is 0 Å². The Bertz CT molecular complexity index is 163. The minimum Gasteiger partial charge on any atom is -0.393 e. The fourth-order valence-electron chi connectivity index (χ4n) is 2.05. The molecule has 0 amide bonds. The molecule has 0 radical (unpaired) electrons. The topological polar surface area (TPSA) is 47.9 Å². The van der Waals surface area contributed by atoms with E-state index in [1.165, 1.54) is 0 Å². The van der Waals surface area contributed by atoms with Crippen LogP contribution in [0.25, 0.3) is 0 Å². The van der Waals surface area contributed by atoms with Gasteiger partial charge >= 0.3 is 0 Å². The Morgan fingerprint density at radius 2 is 1.69 bits per heavy atom. The van der Waals surface area contributed by atoms with E-state index in [2.05, 4.69) is 0 Å². The first kappa shape index (κ1) is 13.9. The molecule has 0 aliphatic heterocycles. The predicted molar refractivity (Wildman–Crippen MR) is 61.5 cm³/mol. The van der Waals surface area contributed by atoms with Gasteiger partial charge in [-0.1, -0.05) is 6.42 Å². The van der Waals surface area contributed by atoms with E-state index in [0.29, 0.717) is 32.3 Å². The molecule has 1 fully saturated rings. The summed E-state index contributed by atoms with van der Waals surface area (Å²) < 4.78 is 15.6. The van der Waals surface area contributed by atoms with Crippen molar-refractivity contribution in [1.29, 1.82) is 0 Å². The van der Waals surface area contributed by atoms with Crippen LogP contribution >= 0.6 is 0 Å². The highest BCUT2D eigenvalue weighted by atomic mass is 16.5. The van der Waals surface area contributed by atoms with Crippen LogP contribution in [0, 0.1) is 5.92 Å². The summed E-state index contributed by atoms with van der Waals surface area (Å²) in [4.78, 5) is 0. The lowest BCUT2D eigenvalue weighted by Gasteiger charge is -2.13. The van der Waals surface area contributed by atoms with Gasteiger partial charge in [-0.2, -0.15) is 0 Å². The first-order valence-corrected chi connectivity index (χ1v) is 6.17. The molecule has 0 aromatic carbocycles. The maximum Gasteiger partial charge on any atom is 0.0701 e. The monoisotopic (exact) mass is 232 g/mol. The number of rotatable bonds is 9. The molecule has 4 nitrogen and oxygen atoms in total. The first-order chi connectivity index (χ1) is 7.84. The lowest BCUT2D eigenvalue weighted by molar-refractivity contribution is 0.0174. The molecule has 0 spiro atoms. The molecule has 0 aromatic rings. The van der Waals surface area contributed by atoms with Gasteiger partial charge in [-0.3, -0.25) is 0 Å². The van der Waals surface area contributed by atoms with Crippen LogP contribution in [0.2, 0.25) is 0 Å². The molecule has 1 N–H and O–H groups in total. The summed E-state index contributed by atoms with van der Waals surface area (Å²) in [6.07, 6.45) is 4.15. The quantitative estimate of drug-likeness (QED) is 0.607. The first-order valence-electron chi connectivity index (χ1n) is 6.17. The van der Waals surface area contributed by atoms with Crippen LogP contribution in [0.1, 0.15) is 25.7 Å². The number of ether oxygens (including phenoxy) is 3. The predicted octanol–water partition coefficient (Wildman–Crippen LogP) is 1.22. The van der Waals surface area contributed by atoms with Crippen LogP contribution in [-0.4, -0.2) is 51.4 Å². The fraction of sp³-hybridized carbons (Fsp3) is 1.00. The standard InChI is InChI=1S/C12H24O4/c1-14-7-8-16-10-9-15-6-5-11-3-2-4-12(11)13/h11-13H,2-10H2,1H3. The van der Waals surface area contributed by atoms with E-state index in [1.807, 2.05) is 0 Å². The highest BCUT2D eigenvalue weighted by molar-refractivity contribution is 4.76. The Kier molecular flexibility index (Phi) is 7.76. The number of methoxy groups -OCH3 is 1. The van der Waals surface area contributed by atoms with Gasteiger partial charge in [-0.05, 0) is 25.2 Å². The van der Waals surface area contributed by atoms with E-state index in [0.717, 1.165) is 32.3 Å². The van der Waals surface area contributed by atoms with E-state index in [-0.39, 0.29) is 6.10 Å². The van der Waals surface area contributed by atoms with Crippen LogP contribution in [0.15, 0.2) is 0 Å². The second kappa shape index (κ2) is 8.93. The minimum absolute atomic E-state index is 0.0958. The zero-order valence-electron chi connectivity index (χ0n) is 10.2. The number of hydrogen-bond acceptors (Lipinski definition) is 4. The van der Waals surface area contributed by atoms with Gasteiger partial charge in [0.25, 0.3) is 0 Å². The Labute approximate surface area is 97.9 Å². The molecule has 0 aromatic heterocycles. The molecule has 1 saturated carbocycles. The maximum absolute atomic E-state index is 9.59. The largest absolute Gasteiger partial charge is 0.393 e. The van der Waals surface area contributed by atoms with Gasteiger partial charge in [0, 0.05) is 13.7 Å². The highest BCUT2D eigenvalue weighted by Crippen LogP contribution is 2.27. The van der Waals surface area contributed by atoms with Crippen molar-refractivity contribution in [2.75, 3.05) is 40.1 Å². The molecular formula is C12H24O4. The van der Waals surface area contributed by atoms with Crippen molar-refractivity contribution in [3.63, 3.8) is 0 Å². The lowest BCUT2D eigenvalue weighted by Crippen LogP contribution is -2.16. The smallest absolute Gasteiger partial charge is 0.0701 e. The highest BCUT2D eigenvalue weighted by Gasteiger charge is 2.24. The molecule has 1 rings (SSSR count). The van der Waals surface area contributed by atoms with E-state index in [9.17, 15) is 5.11 Å². The summed E-state index contributed by atoms with van der Waals surface area (Å²) in [5.41, 5.74) is 0.